The first-order chi connectivity index (χ1) is 6.59. The Labute approximate surface area is 80.1 Å². The maximum Gasteiger partial charge on any atom is 0.293 e. The number of nitrogens with two attached hydrogens (primary N) is 2. The lowest BCUT2D eigenvalue weighted by Gasteiger charge is -1.93. The summed E-state index contributed by atoms with van der Waals surface area (Å²) < 4.78 is 0. The highest BCUT2D eigenvalue weighted by atomic mass is 16.1. The Hall–Kier alpha value is -2.35. The summed E-state index contributed by atoms with van der Waals surface area (Å²) in [7, 11) is 0. The predicted molar refractivity (Wildman–Crippen MR) is 48.8 cm³/mol. The molecule has 0 atom stereocenters. The van der Waals surface area contributed by atoms with E-state index in [2.05, 4.69) is 16.8 Å². The van der Waals surface area contributed by atoms with E-state index in [0.29, 0.717) is 0 Å². The van der Waals surface area contributed by atoms with E-state index in [1.54, 1.807) is 12.1 Å². The Kier molecular flexibility index (Phi) is 2.82. The molecule has 0 aliphatic rings. The number of carbonyl (C=O) groups is 2. The fraction of sp³-hybridized carbons (Fsp3) is 0. The van der Waals surface area contributed by atoms with Gasteiger partial charge in [0.1, 0.15) is 11.4 Å². The molecule has 4 N–H and O–H groups in total. The van der Waals surface area contributed by atoms with Crippen molar-refractivity contribution in [3.8, 4) is 11.8 Å². The summed E-state index contributed by atoms with van der Waals surface area (Å²) in [6.45, 7) is 0. The van der Waals surface area contributed by atoms with Crippen LogP contribution in [0.3, 0.4) is 0 Å². The lowest BCUT2D eigenvalue weighted by atomic mass is 10.3. The van der Waals surface area contributed by atoms with Crippen LogP contribution in [0.1, 0.15) is 16.2 Å². The summed E-state index contributed by atoms with van der Waals surface area (Å²) in [6, 6.07) is 4.57. The average molecular weight is 189 g/mol. The Morgan fingerprint density at radius 1 is 1.29 bits per heavy atom. The quantitative estimate of drug-likeness (QED) is 0.555. The topological polar surface area (TPSA) is 99.1 Å². The maximum atomic E-state index is 10.7. The molecule has 0 aliphatic carbocycles. The van der Waals surface area contributed by atoms with Gasteiger partial charge in [-0.05, 0) is 18.1 Å². The van der Waals surface area contributed by atoms with Gasteiger partial charge < -0.3 is 11.5 Å². The van der Waals surface area contributed by atoms with Crippen molar-refractivity contribution in [3.05, 3.63) is 29.6 Å². The Morgan fingerprint density at radius 3 is 2.57 bits per heavy atom. The minimum atomic E-state index is -0.753. The molecule has 0 aliphatic heterocycles. The van der Waals surface area contributed by atoms with Crippen LogP contribution in [0.4, 0.5) is 0 Å². The van der Waals surface area contributed by atoms with E-state index in [9.17, 15) is 9.59 Å². The highest BCUT2D eigenvalue weighted by Gasteiger charge is 2.00. The molecule has 0 unspecified atom stereocenters. The van der Waals surface area contributed by atoms with Gasteiger partial charge in [-0.15, -0.1) is 0 Å². The van der Waals surface area contributed by atoms with Gasteiger partial charge in [-0.1, -0.05) is 6.07 Å². The zero-order valence-electron chi connectivity index (χ0n) is 7.15. The summed E-state index contributed by atoms with van der Waals surface area (Å²) in [5.41, 5.74) is 10.2. The first-order valence-corrected chi connectivity index (χ1v) is 3.68. The maximum absolute atomic E-state index is 10.7. The van der Waals surface area contributed by atoms with E-state index in [1.807, 2.05) is 0 Å². The van der Waals surface area contributed by atoms with Gasteiger partial charge in [0.05, 0.1) is 0 Å². The van der Waals surface area contributed by atoms with Gasteiger partial charge in [0, 0.05) is 5.92 Å². The third-order valence-electron chi connectivity index (χ3n) is 1.32. The molecule has 70 valence electrons. The van der Waals surface area contributed by atoms with Crippen molar-refractivity contribution in [2.45, 2.75) is 0 Å². The third kappa shape index (κ3) is 2.60. The van der Waals surface area contributed by atoms with E-state index in [4.69, 9.17) is 11.5 Å². The molecule has 1 heterocycles. The van der Waals surface area contributed by atoms with Crippen molar-refractivity contribution in [3.63, 3.8) is 0 Å². The SMILES string of the molecule is NC(=O)C#Cc1cccc(C(N)=O)n1. The Balaban J connectivity index is 3.02. The average Bonchev–Trinajstić information content (AvgIpc) is 2.15. The number of hydrogen-bond acceptors (Lipinski definition) is 3. The fourth-order valence-corrected chi connectivity index (χ4v) is 0.767. The zero-order valence-corrected chi connectivity index (χ0v) is 7.15. The van der Waals surface area contributed by atoms with Crippen LogP contribution in [-0.4, -0.2) is 16.8 Å². The van der Waals surface area contributed by atoms with Crippen molar-refractivity contribution in [2.24, 2.45) is 11.5 Å². The van der Waals surface area contributed by atoms with E-state index < -0.39 is 11.8 Å². The van der Waals surface area contributed by atoms with E-state index in [1.165, 1.54) is 6.07 Å². The molecular formula is C9H7N3O2. The highest BCUT2D eigenvalue weighted by Crippen LogP contribution is 1.96. The molecule has 1 rings (SSSR count). The number of rotatable bonds is 1. The van der Waals surface area contributed by atoms with Gasteiger partial charge in [-0.3, -0.25) is 9.59 Å². The molecule has 0 radical (unpaired) electrons. The number of pyridine rings is 1. The van der Waals surface area contributed by atoms with Crippen molar-refractivity contribution in [2.75, 3.05) is 0 Å². The molecule has 5 heteroatoms. The second kappa shape index (κ2) is 4.05. The number of aromatic nitrogens is 1. The molecule has 0 bridgehead atoms. The molecule has 1 aromatic heterocycles. The fourth-order valence-electron chi connectivity index (χ4n) is 0.767. The molecule has 0 saturated heterocycles. The van der Waals surface area contributed by atoms with Gasteiger partial charge >= 0.3 is 0 Å². The molecule has 5 nitrogen and oxygen atoms in total. The molecule has 1 aromatic rings. The van der Waals surface area contributed by atoms with E-state index in [-0.39, 0.29) is 11.4 Å². The summed E-state index contributed by atoms with van der Waals surface area (Å²) in [5, 5.41) is 0. The van der Waals surface area contributed by atoms with Crippen LogP contribution in [0.2, 0.25) is 0 Å². The van der Waals surface area contributed by atoms with Gasteiger partial charge in [0.15, 0.2) is 0 Å². The summed E-state index contributed by atoms with van der Waals surface area (Å²) in [6.07, 6.45) is 0. The number of hydrogen-bond donors (Lipinski definition) is 2. The van der Waals surface area contributed by atoms with Gasteiger partial charge in [0.25, 0.3) is 11.8 Å². The van der Waals surface area contributed by atoms with Crippen molar-refractivity contribution < 1.29 is 9.59 Å². The molecule has 0 aromatic carbocycles. The second-order valence-electron chi connectivity index (χ2n) is 2.39. The molecule has 14 heavy (non-hydrogen) atoms. The lowest BCUT2D eigenvalue weighted by Crippen LogP contribution is -2.13. The molecule has 0 saturated carbocycles. The van der Waals surface area contributed by atoms with Crippen LogP contribution < -0.4 is 11.5 Å². The van der Waals surface area contributed by atoms with Crippen molar-refractivity contribution in [1.82, 2.24) is 4.98 Å². The molecule has 0 fully saturated rings. The van der Waals surface area contributed by atoms with Crippen molar-refractivity contribution >= 4 is 11.8 Å². The molecule has 2 amide bonds. The third-order valence-corrected chi connectivity index (χ3v) is 1.32. The highest BCUT2D eigenvalue weighted by molar-refractivity contribution is 5.93. The van der Waals surface area contributed by atoms with Gasteiger partial charge in [-0.25, -0.2) is 4.98 Å². The summed E-state index contributed by atoms with van der Waals surface area (Å²) in [4.78, 5) is 24.8. The van der Waals surface area contributed by atoms with Crippen LogP contribution in [0.25, 0.3) is 0 Å². The van der Waals surface area contributed by atoms with E-state index >= 15 is 0 Å². The monoisotopic (exact) mass is 189 g/mol. The van der Waals surface area contributed by atoms with Crippen LogP contribution in [0.5, 0.6) is 0 Å². The van der Waals surface area contributed by atoms with Gasteiger partial charge in [0.2, 0.25) is 0 Å². The van der Waals surface area contributed by atoms with Crippen LogP contribution in [-0.2, 0) is 4.79 Å². The smallest absolute Gasteiger partial charge is 0.293 e. The predicted octanol–water partition coefficient (Wildman–Crippen LogP) is -0.983. The molecular weight excluding hydrogens is 182 g/mol. The van der Waals surface area contributed by atoms with E-state index in [0.717, 1.165) is 0 Å². The van der Waals surface area contributed by atoms with Crippen LogP contribution in [0, 0.1) is 11.8 Å². The first kappa shape index (κ1) is 9.74. The minimum Gasteiger partial charge on any atom is -0.364 e. The number of carbonyl (C=O) groups excluding carboxylic acids is 2. The number of primary amides is 2. The Bertz CT molecular complexity index is 443. The van der Waals surface area contributed by atoms with Crippen LogP contribution in [0.15, 0.2) is 18.2 Å². The van der Waals surface area contributed by atoms with Gasteiger partial charge in [-0.2, -0.15) is 0 Å². The second-order valence-corrected chi connectivity index (χ2v) is 2.39. The number of amides is 2. The standard InChI is InChI=1S/C9H7N3O2/c10-8(13)5-4-6-2-1-3-7(12-6)9(11)14/h1-3H,(H2,10,13)(H2,11,14). The summed E-state index contributed by atoms with van der Waals surface area (Å²) in [5.74, 6) is 3.10. The molecule has 0 spiro atoms. The zero-order chi connectivity index (χ0) is 10.6. The largest absolute Gasteiger partial charge is 0.364 e. The first-order valence-electron chi connectivity index (χ1n) is 3.68. The van der Waals surface area contributed by atoms with Crippen LogP contribution >= 0.6 is 0 Å². The number of nitrogens with zero attached hydrogens (tertiary/aromatic N) is 1. The Morgan fingerprint density at radius 2 is 2.00 bits per heavy atom. The van der Waals surface area contributed by atoms with Crippen molar-refractivity contribution in [1.29, 1.82) is 0 Å². The minimum absolute atomic E-state index is 0.0984. The lowest BCUT2D eigenvalue weighted by molar-refractivity contribution is -0.112. The normalized spacial score (nSPS) is 8.57. The summed E-state index contributed by atoms with van der Waals surface area (Å²) >= 11 is 0.